The summed E-state index contributed by atoms with van der Waals surface area (Å²) in [5, 5.41) is 0. The first kappa shape index (κ1) is 8.21. The van der Waals surface area contributed by atoms with Gasteiger partial charge in [0.15, 0.2) is 0 Å². The van der Waals surface area contributed by atoms with E-state index in [4.69, 9.17) is 0 Å². The molecule has 0 aromatic heterocycles. The van der Waals surface area contributed by atoms with Gasteiger partial charge in [-0.25, -0.2) is 0 Å². The Hall–Kier alpha value is -0.790. The van der Waals surface area contributed by atoms with Gasteiger partial charge in [0.05, 0.1) is 0 Å². The molecule has 0 rings (SSSR count). The molecular weight excluding hydrogens is 116 g/mol. The van der Waals surface area contributed by atoms with Crippen molar-refractivity contribution in [3.05, 3.63) is 11.6 Å². The van der Waals surface area contributed by atoms with Gasteiger partial charge in [0.25, 0.3) is 6.47 Å². The standard InChI is InChI=1S/C7H12O2/c1-3-7(4-2)5-9-6-8/h3,6H,4-5H2,1-2H3. The predicted molar refractivity (Wildman–Crippen MR) is 36.1 cm³/mol. The minimum Gasteiger partial charge on any atom is -0.463 e. The van der Waals surface area contributed by atoms with Crippen molar-refractivity contribution in [1.29, 1.82) is 0 Å². The van der Waals surface area contributed by atoms with Crippen LogP contribution >= 0.6 is 0 Å². The first-order chi connectivity index (χ1) is 4.35. The van der Waals surface area contributed by atoms with Crippen molar-refractivity contribution in [2.75, 3.05) is 6.61 Å². The molecule has 0 aliphatic heterocycles. The smallest absolute Gasteiger partial charge is 0.293 e. The van der Waals surface area contributed by atoms with Gasteiger partial charge in [0.2, 0.25) is 0 Å². The van der Waals surface area contributed by atoms with E-state index in [1.54, 1.807) is 0 Å². The van der Waals surface area contributed by atoms with E-state index >= 15 is 0 Å². The molecule has 0 aromatic carbocycles. The van der Waals surface area contributed by atoms with E-state index < -0.39 is 0 Å². The van der Waals surface area contributed by atoms with Crippen molar-refractivity contribution in [3.63, 3.8) is 0 Å². The molecule has 2 heteroatoms. The fourth-order valence-electron chi connectivity index (χ4n) is 0.531. The highest BCUT2D eigenvalue weighted by atomic mass is 16.5. The summed E-state index contributed by atoms with van der Waals surface area (Å²) in [7, 11) is 0. The molecule has 0 amide bonds. The summed E-state index contributed by atoms with van der Waals surface area (Å²) in [4.78, 5) is 9.69. The molecule has 0 atom stereocenters. The molecule has 0 fully saturated rings. The maximum atomic E-state index is 9.69. The topological polar surface area (TPSA) is 26.3 Å². The molecule has 52 valence electrons. The van der Waals surface area contributed by atoms with E-state index in [0.29, 0.717) is 13.1 Å². The summed E-state index contributed by atoms with van der Waals surface area (Å²) in [6, 6.07) is 0. The van der Waals surface area contributed by atoms with E-state index in [9.17, 15) is 4.79 Å². The molecule has 0 aromatic rings. The summed E-state index contributed by atoms with van der Waals surface area (Å²) in [5.41, 5.74) is 1.15. The van der Waals surface area contributed by atoms with Crippen molar-refractivity contribution in [2.45, 2.75) is 20.3 Å². The van der Waals surface area contributed by atoms with Crippen molar-refractivity contribution in [2.24, 2.45) is 0 Å². The van der Waals surface area contributed by atoms with Crippen LogP contribution in [0.1, 0.15) is 20.3 Å². The second-order valence-corrected chi connectivity index (χ2v) is 1.71. The number of carbonyl (C=O) groups is 1. The van der Waals surface area contributed by atoms with E-state index in [-0.39, 0.29) is 0 Å². The fourth-order valence-corrected chi connectivity index (χ4v) is 0.531. The number of rotatable bonds is 4. The van der Waals surface area contributed by atoms with E-state index in [1.165, 1.54) is 0 Å². The van der Waals surface area contributed by atoms with Crippen molar-refractivity contribution < 1.29 is 9.53 Å². The van der Waals surface area contributed by atoms with E-state index in [1.807, 2.05) is 19.9 Å². The highest BCUT2D eigenvalue weighted by Gasteiger charge is 1.89. The lowest BCUT2D eigenvalue weighted by molar-refractivity contribution is -0.127. The Morgan fingerprint density at radius 3 is 2.67 bits per heavy atom. The Bertz CT molecular complexity index is 105. The molecule has 0 saturated carbocycles. The minimum absolute atomic E-state index is 0.441. The number of hydrogen-bond donors (Lipinski definition) is 0. The van der Waals surface area contributed by atoms with Crippen molar-refractivity contribution >= 4 is 6.47 Å². The second-order valence-electron chi connectivity index (χ2n) is 1.71. The Labute approximate surface area is 55.5 Å². The first-order valence-corrected chi connectivity index (χ1v) is 3.04. The SMILES string of the molecule is CC=C(CC)COC=O. The van der Waals surface area contributed by atoms with Crippen LogP contribution in [0.4, 0.5) is 0 Å². The highest BCUT2D eigenvalue weighted by molar-refractivity contribution is 5.37. The van der Waals surface area contributed by atoms with Crippen LogP contribution in [0.25, 0.3) is 0 Å². The summed E-state index contributed by atoms with van der Waals surface area (Å²) < 4.78 is 4.53. The Kier molecular flexibility index (Phi) is 4.88. The quantitative estimate of drug-likeness (QED) is 0.424. The summed E-state index contributed by atoms with van der Waals surface area (Å²) in [6.45, 7) is 4.88. The zero-order valence-corrected chi connectivity index (χ0v) is 5.89. The monoisotopic (exact) mass is 128 g/mol. The van der Waals surface area contributed by atoms with Crippen LogP contribution in [0, 0.1) is 0 Å². The molecule has 2 nitrogen and oxygen atoms in total. The van der Waals surface area contributed by atoms with Crippen molar-refractivity contribution in [3.8, 4) is 0 Å². The minimum atomic E-state index is 0.441. The third-order valence-corrected chi connectivity index (χ3v) is 1.20. The van der Waals surface area contributed by atoms with Crippen LogP contribution < -0.4 is 0 Å². The van der Waals surface area contributed by atoms with E-state index in [2.05, 4.69) is 4.74 Å². The molecule has 0 N–H and O–H groups in total. The molecule has 9 heavy (non-hydrogen) atoms. The molecule has 0 aliphatic rings. The predicted octanol–water partition coefficient (Wildman–Crippen LogP) is 1.52. The zero-order chi connectivity index (χ0) is 7.11. The molecule has 0 spiro atoms. The normalized spacial score (nSPS) is 11.1. The molecule has 0 aliphatic carbocycles. The van der Waals surface area contributed by atoms with Crippen LogP contribution in [-0.2, 0) is 9.53 Å². The van der Waals surface area contributed by atoms with Crippen LogP contribution in [0.2, 0.25) is 0 Å². The van der Waals surface area contributed by atoms with Gasteiger partial charge in [0, 0.05) is 0 Å². The maximum Gasteiger partial charge on any atom is 0.293 e. The van der Waals surface area contributed by atoms with Crippen LogP contribution in [0.15, 0.2) is 11.6 Å². The lowest BCUT2D eigenvalue weighted by Gasteiger charge is -1.99. The third kappa shape index (κ3) is 3.76. The number of carbonyl (C=O) groups excluding carboxylic acids is 1. The van der Waals surface area contributed by atoms with Crippen LogP contribution in [0.5, 0.6) is 0 Å². The van der Waals surface area contributed by atoms with Crippen molar-refractivity contribution in [1.82, 2.24) is 0 Å². The van der Waals surface area contributed by atoms with Gasteiger partial charge in [0.1, 0.15) is 6.61 Å². The van der Waals surface area contributed by atoms with Gasteiger partial charge in [-0.3, -0.25) is 4.79 Å². The average molecular weight is 128 g/mol. The van der Waals surface area contributed by atoms with Gasteiger partial charge in [-0.05, 0) is 18.9 Å². The van der Waals surface area contributed by atoms with Gasteiger partial charge >= 0.3 is 0 Å². The van der Waals surface area contributed by atoms with Gasteiger partial charge in [-0.15, -0.1) is 0 Å². The lowest BCUT2D eigenvalue weighted by atomic mass is 10.2. The molecule has 0 radical (unpaired) electrons. The van der Waals surface area contributed by atoms with Crippen LogP contribution in [-0.4, -0.2) is 13.1 Å². The third-order valence-electron chi connectivity index (χ3n) is 1.20. The zero-order valence-electron chi connectivity index (χ0n) is 5.89. The maximum absolute atomic E-state index is 9.69. The molecule has 0 unspecified atom stereocenters. The summed E-state index contributed by atoms with van der Waals surface area (Å²) in [5.74, 6) is 0. The number of ether oxygens (including phenoxy) is 1. The van der Waals surface area contributed by atoms with Crippen LogP contribution in [0.3, 0.4) is 0 Å². The average Bonchev–Trinajstić information content (AvgIpc) is 1.91. The van der Waals surface area contributed by atoms with Gasteiger partial charge in [-0.2, -0.15) is 0 Å². The highest BCUT2D eigenvalue weighted by Crippen LogP contribution is 1.98. The summed E-state index contributed by atoms with van der Waals surface area (Å²) in [6.07, 6.45) is 2.91. The molecular formula is C7H12O2. The largest absolute Gasteiger partial charge is 0.463 e. The lowest BCUT2D eigenvalue weighted by Crippen LogP contribution is -1.94. The first-order valence-electron chi connectivity index (χ1n) is 3.04. The fraction of sp³-hybridized carbons (Fsp3) is 0.571. The Morgan fingerprint density at radius 1 is 1.67 bits per heavy atom. The molecule has 0 heterocycles. The number of hydrogen-bond acceptors (Lipinski definition) is 2. The number of allylic oxidation sites excluding steroid dienone is 1. The second kappa shape index (κ2) is 5.35. The van der Waals surface area contributed by atoms with Gasteiger partial charge < -0.3 is 4.74 Å². The van der Waals surface area contributed by atoms with Gasteiger partial charge in [-0.1, -0.05) is 13.0 Å². The molecule has 0 bridgehead atoms. The van der Waals surface area contributed by atoms with E-state index in [0.717, 1.165) is 12.0 Å². The molecule has 0 saturated heterocycles. The Balaban J connectivity index is 3.44. The summed E-state index contributed by atoms with van der Waals surface area (Å²) >= 11 is 0. The Morgan fingerprint density at radius 2 is 2.33 bits per heavy atom.